The molecule has 0 spiro atoms. The van der Waals surface area contributed by atoms with Gasteiger partial charge in [0, 0.05) is 24.8 Å². The Morgan fingerprint density at radius 3 is 2.18 bits per heavy atom. The second-order valence-electron chi connectivity index (χ2n) is 7.27. The van der Waals surface area contributed by atoms with Crippen LogP contribution in [-0.4, -0.2) is 34.2 Å². The molecule has 4 aromatic rings. The molecular formula is C25H24N6O2. The minimum atomic E-state index is -0.153. The van der Waals surface area contributed by atoms with Gasteiger partial charge in [-0.15, -0.1) is 10.2 Å². The summed E-state index contributed by atoms with van der Waals surface area (Å²) in [5, 5.41) is 17.4. The summed E-state index contributed by atoms with van der Waals surface area (Å²) in [6.07, 6.45) is 1.78. The van der Waals surface area contributed by atoms with Crippen LogP contribution in [0.2, 0.25) is 0 Å². The van der Waals surface area contributed by atoms with Crippen molar-refractivity contribution in [2.24, 2.45) is 0 Å². The van der Waals surface area contributed by atoms with Crippen molar-refractivity contribution in [2.45, 2.75) is 6.92 Å². The zero-order valence-corrected chi connectivity index (χ0v) is 18.2. The Kier molecular flexibility index (Phi) is 7.07. The molecular weight excluding hydrogens is 416 g/mol. The van der Waals surface area contributed by atoms with Crippen molar-refractivity contribution in [1.82, 2.24) is 20.5 Å². The first kappa shape index (κ1) is 21.8. The van der Waals surface area contributed by atoms with Gasteiger partial charge in [0.15, 0.2) is 5.82 Å². The number of aromatic nitrogens is 3. The summed E-state index contributed by atoms with van der Waals surface area (Å²) in [6, 6.07) is 24.0. The van der Waals surface area contributed by atoms with Gasteiger partial charge in [-0.25, -0.2) is 4.98 Å². The number of benzene rings is 2. The number of anilines is 3. The maximum absolute atomic E-state index is 12.3. The SMILES string of the molecule is Cc1ccc(Nc2ccc(NCCNC(=O)c3ccc(Oc4ccccc4)cc3)nn2)nc1. The number of aryl methyl sites for hydroxylation is 1. The monoisotopic (exact) mass is 440 g/mol. The molecule has 2 heterocycles. The summed E-state index contributed by atoms with van der Waals surface area (Å²) >= 11 is 0. The van der Waals surface area contributed by atoms with Gasteiger partial charge in [-0.3, -0.25) is 4.79 Å². The van der Waals surface area contributed by atoms with Crippen molar-refractivity contribution < 1.29 is 9.53 Å². The smallest absolute Gasteiger partial charge is 0.251 e. The van der Waals surface area contributed by atoms with E-state index in [4.69, 9.17) is 4.74 Å². The van der Waals surface area contributed by atoms with Crippen LogP contribution >= 0.6 is 0 Å². The number of nitrogens with one attached hydrogen (secondary N) is 3. The van der Waals surface area contributed by atoms with E-state index in [9.17, 15) is 4.79 Å². The third kappa shape index (κ3) is 6.51. The van der Waals surface area contributed by atoms with Crippen LogP contribution in [0.4, 0.5) is 17.5 Å². The van der Waals surface area contributed by atoms with Crippen molar-refractivity contribution >= 4 is 23.4 Å². The molecule has 0 bridgehead atoms. The summed E-state index contributed by atoms with van der Waals surface area (Å²) < 4.78 is 5.74. The fourth-order valence-electron chi connectivity index (χ4n) is 2.93. The van der Waals surface area contributed by atoms with Gasteiger partial charge in [0.2, 0.25) is 0 Å². The normalized spacial score (nSPS) is 10.3. The molecule has 0 saturated carbocycles. The van der Waals surface area contributed by atoms with Crippen LogP contribution in [0.5, 0.6) is 11.5 Å². The number of ether oxygens (including phenoxy) is 1. The number of para-hydroxylation sites is 1. The molecule has 0 aliphatic rings. The summed E-state index contributed by atoms with van der Waals surface area (Å²) in [7, 11) is 0. The summed E-state index contributed by atoms with van der Waals surface area (Å²) in [6.45, 7) is 2.94. The van der Waals surface area contributed by atoms with Crippen molar-refractivity contribution in [2.75, 3.05) is 23.7 Å². The number of amides is 1. The van der Waals surface area contributed by atoms with Gasteiger partial charge in [0.25, 0.3) is 5.91 Å². The Labute approximate surface area is 192 Å². The number of carbonyl (C=O) groups excluding carboxylic acids is 1. The molecule has 2 aromatic carbocycles. The van der Waals surface area contributed by atoms with Crippen molar-refractivity contribution in [1.29, 1.82) is 0 Å². The molecule has 1 amide bonds. The van der Waals surface area contributed by atoms with E-state index in [1.54, 1.807) is 30.5 Å². The molecule has 8 heteroatoms. The lowest BCUT2D eigenvalue weighted by atomic mass is 10.2. The van der Waals surface area contributed by atoms with Gasteiger partial charge in [-0.2, -0.15) is 0 Å². The average molecular weight is 441 g/mol. The fraction of sp³-hybridized carbons (Fsp3) is 0.120. The summed E-state index contributed by atoms with van der Waals surface area (Å²) in [4.78, 5) is 16.6. The van der Waals surface area contributed by atoms with Crippen LogP contribution in [0, 0.1) is 6.92 Å². The molecule has 0 fully saturated rings. The summed E-state index contributed by atoms with van der Waals surface area (Å²) in [5.41, 5.74) is 1.66. The van der Waals surface area contributed by atoms with E-state index >= 15 is 0 Å². The van der Waals surface area contributed by atoms with E-state index in [1.165, 1.54) is 0 Å². The minimum absolute atomic E-state index is 0.153. The largest absolute Gasteiger partial charge is 0.457 e. The van der Waals surface area contributed by atoms with Gasteiger partial charge >= 0.3 is 0 Å². The Bertz CT molecular complexity index is 1160. The first-order valence-corrected chi connectivity index (χ1v) is 10.5. The molecule has 166 valence electrons. The topological polar surface area (TPSA) is 101 Å². The average Bonchev–Trinajstić information content (AvgIpc) is 2.85. The molecule has 0 atom stereocenters. The van der Waals surface area contributed by atoms with Gasteiger partial charge in [0.1, 0.15) is 23.1 Å². The van der Waals surface area contributed by atoms with Crippen LogP contribution < -0.4 is 20.7 Å². The third-order valence-electron chi connectivity index (χ3n) is 4.64. The first-order valence-electron chi connectivity index (χ1n) is 10.5. The Morgan fingerprint density at radius 2 is 1.48 bits per heavy atom. The lowest BCUT2D eigenvalue weighted by molar-refractivity contribution is 0.0955. The molecule has 0 radical (unpaired) electrons. The van der Waals surface area contributed by atoms with Gasteiger partial charge in [0.05, 0.1) is 0 Å². The highest BCUT2D eigenvalue weighted by molar-refractivity contribution is 5.94. The quantitative estimate of drug-likeness (QED) is 0.328. The molecule has 4 rings (SSSR count). The maximum atomic E-state index is 12.3. The predicted molar refractivity (Wildman–Crippen MR) is 128 cm³/mol. The molecule has 0 aliphatic heterocycles. The Balaban J connectivity index is 1.19. The van der Waals surface area contributed by atoms with Gasteiger partial charge in [-0.1, -0.05) is 24.3 Å². The predicted octanol–water partition coefficient (Wildman–Crippen LogP) is 4.56. The lowest BCUT2D eigenvalue weighted by Gasteiger charge is -2.09. The second kappa shape index (κ2) is 10.7. The van der Waals surface area contributed by atoms with Crippen molar-refractivity contribution in [3.05, 3.63) is 96.2 Å². The van der Waals surface area contributed by atoms with Crippen LogP contribution in [0.15, 0.2) is 85.1 Å². The van der Waals surface area contributed by atoms with Crippen LogP contribution in [-0.2, 0) is 0 Å². The van der Waals surface area contributed by atoms with E-state index in [1.807, 2.05) is 61.5 Å². The molecule has 33 heavy (non-hydrogen) atoms. The standard InChI is InChI=1S/C25H24N6O2/c1-18-7-12-22(28-17-18)29-24-14-13-23(30-31-24)26-15-16-27-25(32)19-8-10-21(11-9-19)33-20-5-3-2-4-6-20/h2-14,17H,15-16H2,1H3,(H,26,30)(H,27,32)(H,28,29,31). The highest BCUT2D eigenvalue weighted by Crippen LogP contribution is 2.21. The zero-order chi connectivity index (χ0) is 22.9. The van der Waals surface area contributed by atoms with Crippen LogP contribution in [0.1, 0.15) is 15.9 Å². The molecule has 8 nitrogen and oxygen atoms in total. The molecule has 0 saturated heterocycles. The number of nitrogens with zero attached hydrogens (tertiary/aromatic N) is 3. The van der Waals surface area contributed by atoms with E-state index in [0.717, 1.165) is 11.3 Å². The number of hydrogen-bond donors (Lipinski definition) is 3. The first-order chi connectivity index (χ1) is 16.2. The number of hydrogen-bond acceptors (Lipinski definition) is 7. The van der Waals surface area contributed by atoms with Crippen LogP contribution in [0.25, 0.3) is 0 Å². The zero-order valence-electron chi connectivity index (χ0n) is 18.2. The molecule has 0 unspecified atom stereocenters. The van der Waals surface area contributed by atoms with Crippen molar-refractivity contribution in [3.63, 3.8) is 0 Å². The van der Waals surface area contributed by atoms with E-state index < -0.39 is 0 Å². The fourth-order valence-corrected chi connectivity index (χ4v) is 2.93. The maximum Gasteiger partial charge on any atom is 0.251 e. The number of rotatable bonds is 9. The molecule has 2 aromatic heterocycles. The number of carbonyl (C=O) groups is 1. The number of pyridine rings is 1. The van der Waals surface area contributed by atoms with E-state index in [2.05, 4.69) is 31.1 Å². The highest BCUT2D eigenvalue weighted by Gasteiger charge is 2.06. The van der Waals surface area contributed by atoms with Crippen molar-refractivity contribution in [3.8, 4) is 11.5 Å². The summed E-state index contributed by atoms with van der Waals surface area (Å²) in [5.74, 6) is 3.20. The lowest BCUT2D eigenvalue weighted by Crippen LogP contribution is -2.28. The Morgan fingerprint density at radius 1 is 0.788 bits per heavy atom. The van der Waals surface area contributed by atoms with Crippen LogP contribution in [0.3, 0.4) is 0 Å². The van der Waals surface area contributed by atoms with Gasteiger partial charge < -0.3 is 20.7 Å². The molecule has 3 N–H and O–H groups in total. The minimum Gasteiger partial charge on any atom is -0.457 e. The third-order valence-corrected chi connectivity index (χ3v) is 4.64. The highest BCUT2D eigenvalue weighted by atomic mass is 16.5. The van der Waals surface area contributed by atoms with Gasteiger partial charge in [-0.05, 0) is 67.1 Å². The van der Waals surface area contributed by atoms with E-state index in [0.29, 0.717) is 41.9 Å². The molecule has 0 aliphatic carbocycles. The second-order valence-corrected chi connectivity index (χ2v) is 7.27. The van der Waals surface area contributed by atoms with E-state index in [-0.39, 0.29) is 5.91 Å². The Hall–Kier alpha value is -4.46.